The summed E-state index contributed by atoms with van der Waals surface area (Å²) in [4.78, 5) is 11.0. The molecule has 0 saturated heterocycles. The van der Waals surface area contributed by atoms with Crippen LogP contribution in [0.3, 0.4) is 0 Å². The third kappa shape index (κ3) is 4.15. The Morgan fingerprint density at radius 2 is 1.83 bits per heavy atom. The third-order valence-corrected chi connectivity index (χ3v) is 3.06. The van der Waals surface area contributed by atoms with E-state index < -0.39 is 0 Å². The van der Waals surface area contributed by atoms with Crippen LogP contribution in [0.1, 0.15) is 44.9 Å². The molecule has 3 nitrogen and oxygen atoms in total. The number of ether oxygens (including phenoxy) is 1. The van der Waals surface area contributed by atoms with Crippen LogP contribution in [0.2, 0.25) is 0 Å². The highest BCUT2D eigenvalue weighted by Gasteiger charge is 2.14. The van der Waals surface area contributed by atoms with Gasteiger partial charge in [0, 0.05) is 6.04 Å². The van der Waals surface area contributed by atoms with Gasteiger partial charge in [0.2, 0.25) is 0 Å². The molecular formula is C15H23NO2. The summed E-state index contributed by atoms with van der Waals surface area (Å²) in [6.07, 6.45) is 0. The molecule has 100 valence electrons. The number of rotatable bonds is 4. The second-order valence-electron chi connectivity index (χ2n) is 5.55. The second-order valence-corrected chi connectivity index (χ2v) is 5.55. The zero-order valence-electron chi connectivity index (χ0n) is 11.9. The minimum atomic E-state index is -0.242. The lowest BCUT2D eigenvalue weighted by Crippen LogP contribution is -2.26. The monoisotopic (exact) mass is 249 g/mol. The third-order valence-electron chi connectivity index (χ3n) is 3.06. The normalized spacial score (nSPS) is 13.2. The topological polar surface area (TPSA) is 38.3 Å². The summed E-state index contributed by atoms with van der Waals surface area (Å²) in [5, 5.41) is 3.13. The van der Waals surface area contributed by atoms with Crippen molar-refractivity contribution in [3.05, 3.63) is 35.4 Å². The minimum absolute atomic E-state index is 0.137. The number of carbonyl (C=O) groups is 1. The number of hydrogen-bond acceptors (Lipinski definition) is 3. The molecule has 1 aromatic rings. The SMILES string of the molecule is COC(=O)CNC(C)c1ccc(C(C)(C)C)cc1. The molecule has 0 saturated carbocycles. The van der Waals surface area contributed by atoms with E-state index >= 15 is 0 Å². The summed E-state index contributed by atoms with van der Waals surface area (Å²) in [7, 11) is 1.40. The van der Waals surface area contributed by atoms with Crippen molar-refractivity contribution in [1.29, 1.82) is 0 Å². The van der Waals surface area contributed by atoms with Crippen LogP contribution in [0.4, 0.5) is 0 Å². The zero-order valence-corrected chi connectivity index (χ0v) is 11.9. The summed E-state index contributed by atoms with van der Waals surface area (Å²) in [6, 6.07) is 8.64. The highest BCUT2D eigenvalue weighted by atomic mass is 16.5. The molecule has 1 N–H and O–H groups in total. The minimum Gasteiger partial charge on any atom is -0.468 e. The molecule has 1 aromatic carbocycles. The van der Waals surface area contributed by atoms with Crippen LogP contribution in [-0.2, 0) is 14.9 Å². The van der Waals surface area contributed by atoms with Crippen LogP contribution < -0.4 is 5.32 Å². The van der Waals surface area contributed by atoms with E-state index in [0.717, 1.165) is 0 Å². The lowest BCUT2D eigenvalue weighted by atomic mass is 9.86. The lowest BCUT2D eigenvalue weighted by Gasteiger charge is -2.20. The van der Waals surface area contributed by atoms with Crippen LogP contribution in [-0.4, -0.2) is 19.6 Å². The first kappa shape index (κ1) is 14.7. The van der Waals surface area contributed by atoms with Crippen molar-refractivity contribution in [3.8, 4) is 0 Å². The molecule has 18 heavy (non-hydrogen) atoms. The average molecular weight is 249 g/mol. The average Bonchev–Trinajstić information content (AvgIpc) is 2.34. The van der Waals surface area contributed by atoms with Gasteiger partial charge >= 0.3 is 5.97 Å². The fraction of sp³-hybridized carbons (Fsp3) is 0.533. The second kappa shape index (κ2) is 6.01. The molecule has 0 aromatic heterocycles. The Labute approximate surface area is 110 Å². The Kier molecular flexibility index (Phi) is 4.91. The smallest absolute Gasteiger partial charge is 0.319 e. The van der Waals surface area contributed by atoms with E-state index in [0.29, 0.717) is 0 Å². The predicted octanol–water partition coefficient (Wildman–Crippen LogP) is 2.81. The van der Waals surface area contributed by atoms with E-state index in [1.54, 1.807) is 0 Å². The molecule has 1 unspecified atom stereocenters. The van der Waals surface area contributed by atoms with E-state index in [2.05, 4.69) is 55.1 Å². The number of benzene rings is 1. The van der Waals surface area contributed by atoms with Gasteiger partial charge in [-0.25, -0.2) is 0 Å². The van der Waals surface area contributed by atoms with Gasteiger partial charge in [-0.1, -0.05) is 45.0 Å². The van der Waals surface area contributed by atoms with E-state index in [1.165, 1.54) is 18.2 Å². The Morgan fingerprint density at radius 3 is 2.28 bits per heavy atom. The molecule has 0 heterocycles. The fourth-order valence-corrected chi connectivity index (χ4v) is 1.70. The van der Waals surface area contributed by atoms with E-state index in [-0.39, 0.29) is 24.0 Å². The maximum absolute atomic E-state index is 11.0. The van der Waals surface area contributed by atoms with Crippen LogP contribution >= 0.6 is 0 Å². The molecule has 3 heteroatoms. The fourth-order valence-electron chi connectivity index (χ4n) is 1.70. The van der Waals surface area contributed by atoms with E-state index in [4.69, 9.17) is 0 Å². The van der Waals surface area contributed by atoms with Gasteiger partial charge < -0.3 is 10.1 Å². The van der Waals surface area contributed by atoms with E-state index in [9.17, 15) is 4.79 Å². The summed E-state index contributed by atoms with van der Waals surface area (Å²) < 4.78 is 4.60. The van der Waals surface area contributed by atoms with Crippen molar-refractivity contribution in [1.82, 2.24) is 5.32 Å². The molecule has 1 atom stereocenters. The summed E-state index contributed by atoms with van der Waals surface area (Å²) in [6.45, 7) is 8.86. The highest BCUT2D eigenvalue weighted by molar-refractivity contribution is 5.71. The number of hydrogen-bond donors (Lipinski definition) is 1. The van der Waals surface area contributed by atoms with Crippen molar-refractivity contribution < 1.29 is 9.53 Å². The molecule has 1 rings (SSSR count). The maximum Gasteiger partial charge on any atom is 0.319 e. The molecule has 0 spiro atoms. The van der Waals surface area contributed by atoms with Crippen molar-refractivity contribution in [2.45, 2.75) is 39.2 Å². The first-order chi connectivity index (χ1) is 8.34. The first-order valence-corrected chi connectivity index (χ1v) is 6.25. The van der Waals surface area contributed by atoms with Crippen LogP contribution in [0.25, 0.3) is 0 Å². The molecule has 0 aliphatic rings. The van der Waals surface area contributed by atoms with Gasteiger partial charge in [-0.3, -0.25) is 4.79 Å². The number of carbonyl (C=O) groups excluding carboxylic acids is 1. The quantitative estimate of drug-likeness (QED) is 0.834. The van der Waals surface area contributed by atoms with Gasteiger partial charge in [0.05, 0.1) is 13.7 Å². The largest absolute Gasteiger partial charge is 0.468 e. The van der Waals surface area contributed by atoms with Crippen molar-refractivity contribution >= 4 is 5.97 Å². The van der Waals surface area contributed by atoms with Gasteiger partial charge in [-0.05, 0) is 23.5 Å². The molecule has 0 aliphatic carbocycles. The number of methoxy groups -OCH3 is 1. The molecule has 0 bridgehead atoms. The Bertz CT molecular complexity index is 390. The van der Waals surface area contributed by atoms with Gasteiger partial charge in [-0.15, -0.1) is 0 Å². The Balaban J connectivity index is 2.65. The van der Waals surface area contributed by atoms with Crippen molar-refractivity contribution in [2.75, 3.05) is 13.7 Å². The molecule has 0 amide bonds. The van der Waals surface area contributed by atoms with E-state index in [1.807, 2.05) is 6.92 Å². The lowest BCUT2D eigenvalue weighted by molar-refractivity contribution is -0.139. The first-order valence-electron chi connectivity index (χ1n) is 6.25. The van der Waals surface area contributed by atoms with Crippen molar-refractivity contribution in [3.63, 3.8) is 0 Å². The van der Waals surface area contributed by atoms with Gasteiger partial charge in [-0.2, -0.15) is 0 Å². The summed E-state index contributed by atoms with van der Waals surface area (Å²) in [5.41, 5.74) is 2.65. The Hall–Kier alpha value is -1.35. The standard InChI is InChI=1S/C15H23NO2/c1-11(16-10-14(17)18-5)12-6-8-13(9-7-12)15(2,3)4/h6-9,11,16H,10H2,1-5H3. The van der Waals surface area contributed by atoms with Gasteiger partial charge in [0.15, 0.2) is 0 Å². The predicted molar refractivity (Wildman–Crippen MR) is 73.6 cm³/mol. The van der Waals surface area contributed by atoms with Gasteiger partial charge in [0.25, 0.3) is 0 Å². The Morgan fingerprint density at radius 1 is 1.28 bits per heavy atom. The number of nitrogens with one attached hydrogen (secondary N) is 1. The maximum atomic E-state index is 11.0. The number of esters is 1. The molecule has 0 fully saturated rings. The summed E-state index contributed by atoms with van der Waals surface area (Å²) >= 11 is 0. The van der Waals surface area contributed by atoms with Crippen LogP contribution in [0.15, 0.2) is 24.3 Å². The summed E-state index contributed by atoms with van der Waals surface area (Å²) in [5.74, 6) is -0.242. The molecule has 0 aliphatic heterocycles. The molecular weight excluding hydrogens is 226 g/mol. The van der Waals surface area contributed by atoms with Crippen LogP contribution in [0.5, 0.6) is 0 Å². The van der Waals surface area contributed by atoms with Crippen molar-refractivity contribution in [2.24, 2.45) is 0 Å². The van der Waals surface area contributed by atoms with Crippen LogP contribution in [0, 0.1) is 0 Å². The van der Waals surface area contributed by atoms with Gasteiger partial charge in [0.1, 0.15) is 0 Å². The highest BCUT2D eigenvalue weighted by Crippen LogP contribution is 2.23. The zero-order chi connectivity index (χ0) is 13.8. The molecule has 0 radical (unpaired) electrons.